The van der Waals surface area contributed by atoms with Crippen LogP contribution in [0.2, 0.25) is 0 Å². The van der Waals surface area contributed by atoms with Crippen LogP contribution in [0.15, 0.2) is 48.8 Å². The van der Waals surface area contributed by atoms with E-state index in [1.165, 1.54) is 12.1 Å². The van der Waals surface area contributed by atoms with Gasteiger partial charge >= 0.3 is 0 Å². The number of imidazole rings is 1. The van der Waals surface area contributed by atoms with E-state index in [1.54, 1.807) is 12.1 Å². The van der Waals surface area contributed by atoms with Gasteiger partial charge < -0.3 is 10.1 Å². The molecule has 0 saturated carbocycles. The molecule has 0 spiro atoms. The van der Waals surface area contributed by atoms with Crippen LogP contribution in [0.4, 0.5) is 4.39 Å². The molecule has 3 rings (SSSR count). The van der Waals surface area contributed by atoms with Crippen LogP contribution in [0.5, 0.6) is 0 Å². The van der Waals surface area contributed by atoms with Gasteiger partial charge in [-0.25, -0.2) is 9.37 Å². The second-order valence-electron chi connectivity index (χ2n) is 4.50. The van der Waals surface area contributed by atoms with E-state index in [2.05, 4.69) is 4.98 Å². The molecule has 2 heterocycles. The third-order valence-corrected chi connectivity index (χ3v) is 3.13. The Labute approximate surface area is 110 Å². The lowest BCUT2D eigenvalue weighted by Crippen LogP contribution is -1.99. The minimum atomic E-state index is -0.218. The zero-order valence-electron chi connectivity index (χ0n) is 10.4. The molecule has 3 aromatic rings. The zero-order chi connectivity index (χ0) is 13.2. The first kappa shape index (κ1) is 11.9. The Balaban J connectivity index is 1.95. The van der Waals surface area contributed by atoms with Gasteiger partial charge in [-0.3, -0.25) is 0 Å². The second kappa shape index (κ2) is 4.82. The average Bonchev–Trinajstić information content (AvgIpc) is 2.83. The van der Waals surface area contributed by atoms with Crippen molar-refractivity contribution >= 4 is 5.65 Å². The monoisotopic (exact) mass is 255 g/mol. The summed E-state index contributed by atoms with van der Waals surface area (Å²) >= 11 is 0. The van der Waals surface area contributed by atoms with Crippen molar-refractivity contribution in [2.45, 2.75) is 13.0 Å². The van der Waals surface area contributed by atoms with Crippen LogP contribution in [-0.4, -0.2) is 9.38 Å². The van der Waals surface area contributed by atoms with Crippen molar-refractivity contribution in [1.82, 2.24) is 9.38 Å². The molecule has 0 bridgehead atoms. The highest BCUT2D eigenvalue weighted by molar-refractivity contribution is 5.49. The predicted molar refractivity (Wildman–Crippen MR) is 72.3 cm³/mol. The molecule has 0 amide bonds. The Bertz CT molecular complexity index is 701. The average molecular weight is 255 g/mol. The number of benzene rings is 1. The van der Waals surface area contributed by atoms with Gasteiger partial charge in [0.2, 0.25) is 0 Å². The Morgan fingerprint density at radius 1 is 1.16 bits per heavy atom. The van der Waals surface area contributed by atoms with Gasteiger partial charge in [0.05, 0.1) is 5.69 Å². The largest absolute Gasteiger partial charge is 0.326 e. The molecule has 0 unspecified atom stereocenters. The summed E-state index contributed by atoms with van der Waals surface area (Å²) < 4.78 is 14.8. The molecule has 3 nitrogen and oxygen atoms in total. The minimum Gasteiger partial charge on any atom is -0.326 e. The Morgan fingerprint density at radius 3 is 2.68 bits per heavy atom. The van der Waals surface area contributed by atoms with Crippen molar-refractivity contribution in [3.63, 3.8) is 0 Å². The fourth-order valence-corrected chi connectivity index (χ4v) is 2.18. The molecule has 2 aromatic heterocycles. The highest BCUT2D eigenvalue weighted by atomic mass is 19.1. The summed E-state index contributed by atoms with van der Waals surface area (Å²) in [4.78, 5) is 4.59. The molecule has 19 heavy (non-hydrogen) atoms. The molecular weight excluding hydrogens is 241 g/mol. The fourth-order valence-electron chi connectivity index (χ4n) is 2.18. The maximum Gasteiger partial charge on any atom is 0.141 e. The standard InChI is InChI=1S/C15H14FN3/c16-13-5-3-11(4-6-13)8-14-10-19-7-1-2-12(9-17)15(19)18-14/h1-7,10H,8-9,17H2. The maximum atomic E-state index is 12.9. The van der Waals surface area contributed by atoms with Gasteiger partial charge in [-0.05, 0) is 23.8 Å². The van der Waals surface area contributed by atoms with Crippen LogP contribution in [0, 0.1) is 5.82 Å². The molecule has 0 fully saturated rings. The molecule has 96 valence electrons. The number of nitrogens with zero attached hydrogens (tertiary/aromatic N) is 2. The van der Waals surface area contributed by atoms with Crippen LogP contribution in [0.1, 0.15) is 16.8 Å². The van der Waals surface area contributed by atoms with E-state index in [0.29, 0.717) is 13.0 Å². The van der Waals surface area contributed by atoms with Gasteiger partial charge in [-0.15, -0.1) is 0 Å². The molecule has 0 atom stereocenters. The zero-order valence-corrected chi connectivity index (χ0v) is 10.4. The van der Waals surface area contributed by atoms with Gasteiger partial charge in [0, 0.05) is 30.9 Å². The molecule has 0 radical (unpaired) electrons. The van der Waals surface area contributed by atoms with Gasteiger partial charge in [-0.1, -0.05) is 18.2 Å². The van der Waals surface area contributed by atoms with E-state index in [9.17, 15) is 4.39 Å². The van der Waals surface area contributed by atoms with Gasteiger partial charge in [0.1, 0.15) is 11.5 Å². The highest BCUT2D eigenvalue weighted by Gasteiger charge is 2.06. The van der Waals surface area contributed by atoms with Crippen molar-refractivity contribution < 1.29 is 4.39 Å². The van der Waals surface area contributed by atoms with Crippen LogP contribution < -0.4 is 5.73 Å². The number of hydrogen-bond acceptors (Lipinski definition) is 2. The molecule has 4 heteroatoms. The Hall–Kier alpha value is -2.20. The normalized spacial score (nSPS) is 11.1. The summed E-state index contributed by atoms with van der Waals surface area (Å²) in [5, 5.41) is 0. The van der Waals surface area contributed by atoms with E-state index in [0.717, 1.165) is 22.5 Å². The lowest BCUT2D eigenvalue weighted by atomic mass is 10.1. The number of fused-ring (bicyclic) bond motifs is 1. The van der Waals surface area contributed by atoms with E-state index in [4.69, 9.17) is 5.73 Å². The van der Waals surface area contributed by atoms with Crippen LogP contribution in [0.25, 0.3) is 5.65 Å². The van der Waals surface area contributed by atoms with Crippen LogP contribution in [0.3, 0.4) is 0 Å². The molecule has 0 aliphatic rings. The van der Waals surface area contributed by atoms with Gasteiger partial charge in [-0.2, -0.15) is 0 Å². The van der Waals surface area contributed by atoms with Crippen molar-refractivity contribution in [3.05, 3.63) is 71.4 Å². The summed E-state index contributed by atoms with van der Waals surface area (Å²) in [6.07, 6.45) is 4.62. The number of pyridine rings is 1. The number of hydrogen-bond donors (Lipinski definition) is 1. The van der Waals surface area contributed by atoms with Crippen molar-refractivity contribution in [2.24, 2.45) is 5.73 Å². The summed E-state index contributed by atoms with van der Waals surface area (Å²) in [5.74, 6) is -0.218. The molecule has 0 aliphatic heterocycles. The topological polar surface area (TPSA) is 43.3 Å². The minimum absolute atomic E-state index is 0.218. The van der Waals surface area contributed by atoms with E-state index in [1.807, 2.05) is 28.9 Å². The Morgan fingerprint density at radius 2 is 1.95 bits per heavy atom. The highest BCUT2D eigenvalue weighted by Crippen LogP contribution is 2.14. The second-order valence-corrected chi connectivity index (χ2v) is 4.50. The fraction of sp³-hybridized carbons (Fsp3) is 0.133. The third-order valence-electron chi connectivity index (χ3n) is 3.13. The number of halogens is 1. The summed E-state index contributed by atoms with van der Waals surface area (Å²) in [5.41, 5.74) is 9.60. The van der Waals surface area contributed by atoms with E-state index >= 15 is 0 Å². The van der Waals surface area contributed by atoms with Crippen molar-refractivity contribution in [1.29, 1.82) is 0 Å². The SMILES string of the molecule is NCc1cccn2cc(Cc3ccc(F)cc3)nc12. The first-order chi connectivity index (χ1) is 9.26. The molecule has 2 N–H and O–H groups in total. The summed E-state index contributed by atoms with van der Waals surface area (Å²) in [6, 6.07) is 10.4. The van der Waals surface area contributed by atoms with Gasteiger partial charge in [0.15, 0.2) is 0 Å². The van der Waals surface area contributed by atoms with E-state index in [-0.39, 0.29) is 5.82 Å². The molecule has 1 aromatic carbocycles. The van der Waals surface area contributed by atoms with Crippen molar-refractivity contribution in [2.75, 3.05) is 0 Å². The van der Waals surface area contributed by atoms with Gasteiger partial charge in [0.25, 0.3) is 0 Å². The molecular formula is C15H14FN3. The molecule has 0 saturated heterocycles. The lowest BCUT2D eigenvalue weighted by Gasteiger charge is -1.98. The third kappa shape index (κ3) is 2.35. The summed E-state index contributed by atoms with van der Waals surface area (Å²) in [6.45, 7) is 0.470. The van der Waals surface area contributed by atoms with Crippen LogP contribution in [-0.2, 0) is 13.0 Å². The first-order valence-electron chi connectivity index (χ1n) is 6.16. The first-order valence-corrected chi connectivity index (χ1v) is 6.16. The summed E-state index contributed by atoms with van der Waals surface area (Å²) in [7, 11) is 0. The number of nitrogens with two attached hydrogens (primary N) is 1. The quantitative estimate of drug-likeness (QED) is 0.781. The van der Waals surface area contributed by atoms with Crippen molar-refractivity contribution in [3.8, 4) is 0 Å². The number of aromatic nitrogens is 2. The predicted octanol–water partition coefficient (Wildman–Crippen LogP) is 2.52. The van der Waals surface area contributed by atoms with Crippen LogP contribution >= 0.6 is 0 Å². The van der Waals surface area contributed by atoms with E-state index < -0.39 is 0 Å². The molecule has 0 aliphatic carbocycles. The maximum absolute atomic E-state index is 12.9. The number of rotatable bonds is 3. The lowest BCUT2D eigenvalue weighted by molar-refractivity contribution is 0.627. The smallest absolute Gasteiger partial charge is 0.141 e. The Kier molecular flexibility index (Phi) is 3.01.